The second-order valence-corrected chi connectivity index (χ2v) is 7.28. The van der Waals surface area contributed by atoms with Crippen molar-refractivity contribution in [3.63, 3.8) is 0 Å². The van der Waals surface area contributed by atoms with Gasteiger partial charge in [0.15, 0.2) is 4.80 Å². The van der Waals surface area contributed by atoms with Gasteiger partial charge in [0.2, 0.25) is 0 Å². The molecule has 142 valence electrons. The van der Waals surface area contributed by atoms with Gasteiger partial charge in [-0.25, -0.2) is 0 Å². The van der Waals surface area contributed by atoms with Gasteiger partial charge in [0.25, 0.3) is 5.91 Å². The summed E-state index contributed by atoms with van der Waals surface area (Å²) in [6, 6.07) is 13.0. The van der Waals surface area contributed by atoms with E-state index in [1.54, 1.807) is 24.3 Å². The number of aromatic nitrogens is 1. The van der Waals surface area contributed by atoms with Crippen LogP contribution in [0.5, 0.6) is 11.5 Å². The van der Waals surface area contributed by atoms with Gasteiger partial charge < -0.3 is 14.0 Å². The number of amides is 1. The van der Waals surface area contributed by atoms with Gasteiger partial charge in [-0.15, -0.1) is 0 Å². The number of carbonyl (C=O) groups is 1. The number of aryl methyl sites for hydroxylation is 1. The lowest BCUT2D eigenvalue weighted by Gasteiger charge is -2.09. The Morgan fingerprint density at radius 1 is 1.15 bits per heavy atom. The largest absolute Gasteiger partial charge is 0.492 e. The lowest BCUT2D eigenvalue weighted by atomic mass is 10.2. The average molecular weight is 385 g/mol. The molecule has 0 spiro atoms. The van der Waals surface area contributed by atoms with Crippen molar-refractivity contribution in [2.45, 2.75) is 40.3 Å². The van der Waals surface area contributed by atoms with Crippen molar-refractivity contribution >= 4 is 27.5 Å². The molecule has 5 nitrogen and oxygen atoms in total. The van der Waals surface area contributed by atoms with Crippen LogP contribution in [0, 0.1) is 0 Å². The molecule has 0 saturated heterocycles. The maximum absolute atomic E-state index is 12.7. The van der Waals surface area contributed by atoms with E-state index < -0.39 is 0 Å². The third-order valence-corrected chi connectivity index (χ3v) is 4.99. The van der Waals surface area contributed by atoms with Gasteiger partial charge in [-0.05, 0) is 64.1 Å². The minimum Gasteiger partial charge on any atom is -0.492 e. The van der Waals surface area contributed by atoms with Crippen LogP contribution >= 0.6 is 11.3 Å². The Morgan fingerprint density at radius 3 is 2.52 bits per heavy atom. The summed E-state index contributed by atoms with van der Waals surface area (Å²) in [7, 11) is 0. The quantitative estimate of drug-likeness (QED) is 0.622. The smallest absolute Gasteiger partial charge is 0.279 e. The average Bonchev–Trinajstić information content (AvgIpc) is 3.00. The number of carbonyl (C=O) groups excluding carboxylic acids is 1. The summed E-state index contributed by atoms with van der Waals surface area (Å²) in [5, 5.41) is 0. The highest BCUT2D eigenvalue weighted by Crippen LogP contribution is 2.27. The van der Waals surface area contributed by atoms with E-state index in [0.717, 1.165) is 21.7 Å². The zero-order valence-corrected chi connectivity index (χ0v) is 16.9. The van der Waals surface area contributed by atoms with Crippen LogP contribution in [-0.4, -0.2) is 23.2 Å². The van der Waals surface area contributed by atoms with Gasteiger partial charge >= 0.3 is 0 Å². The van der Waals surface area contributed by atoms with E-state index in [1.807, 2.05) is 50.5 Å². The molecule has 0 fully saturated rings. The van der Waals surface area contributed by atoms with Gasteiger partial charge in [0, 0.05) is 12.1 Å². The Labute approximate surface area is 162 Å². The predicted octanol–water partition coefficient (Wildman–Crippen LogP) is 4.65. The SMILES string of the molecule is CCOc1cccc2sc(=NC(=O)c3ccc(OC(C)C)cc3)n(CC)c12. The Balaban J connectivity index is 2.00. The molecular formula is C21H24N2O3S. The lowest BCUT2D eigenvalue weighted by Crippen LogP contribution is -2.16. The summed E-state index contributed by atoms with van der Waals surface area (Å²) in [4.78, 5) is 17.7. The molecule has 1 heterocycles. The van der Waals surface area contributed by atoms with Gasteiger partial charge in [0.05, 0.1) is 17.4 Å². The fraction of sp³-hybridized carbons (Fsp3) is 0.333. The standard InChI is InChI=1S/C21H24N2O3S/c1-5-23-19-17(25-6-2)8-7-9-18(19)27-21(23)22-20(24)15-10-12-16(13-11-15)26-14(3)4/h7-14H,5-6H2,1-4H3. The highest BCUT2D eigenvalue weighted by Gasteiger charge is 2.12. The van der Waals surface area contributed by atoms with Crippen LogP contribution in [0.15, 0.2) is 47.5 Å². The molecule has 2 aromatic carbocycles. The third-order valence-electron chi connectivity index (χ3n) is 3.95. The summed E-state index contributed by atoms with van der Waals surface area (Å²) < 4.78 is 14.5. The first-order chi connectivity index (χ1) is 13.0. The molecule has 27 heavy (non-hydrogen) atoms. The van der Waals surface area contributed by atoms with E-state index in [-0.39, 0.29) is 12.0 Å². The van der Waals surface area contributed by atoms with Crippen LogP contribution in [0.25, 0.3) is 10.2 Å². The molecule has 0 aliphatic heterocycles. The highest BCUT2D eigenvalue weighted by atomic mass is 32.1. The fourth-order valence-electron chi connectivity index (χ4n) is 2.85. The predicted molar refractivity (Wildman–Crippen MR) is 109 cm³/mol. The number of benzene rings is 2. The third kappa shape index (κ3) is 4.22. The van der Waals surface area contributed by atoms with Crippen molar-refractivity contribution in [3.05, 3.63) is 52.8 Å². The molecule has 3 rings (SSSR count). The summed E-state index contributed by atoms with van der Waals surface area (Å²) >= 11 is 1.49. The molecule has 6 heteroatoms. The van der Waals surface area contributed by atoms with Crippen molar-refractivity contribution in [1.29, 1.82) is 0 Å². The van der Waals surface area contributed by atoms with Crippen molar-refractivity contribution in [3.8, 4) is 11.5 Å². The van der Waals surface area contributed by atoms with Gasteiger partial charge in [-0.3, -0.25) is 4.79 Å². The Kier molecular flexibility index (Phi) is 5.96. The van der Waals surface area contributed by atoms with E-state index in [0.29, 0.717) is 23.5 Å². The molecular weight excluding hydrogens is 360 g/mol. The lowest BCUT2D eigenvalue weighted by molar-refractivity contribution is 0.0998. The topological polar surface area (TPSA) is 52.8 Å². The van der Waals surface area contributed by atoms with Crippen LogP contribution < -0.4 is 14.3 Å². The molecule has 0 saturated carbocycles. The van der Waals surface area contributed by atoms with Crippen LogP contribution in [0.1, 0.15) is 38.1 Å². The first-order valence-corrected chi connectivity index (χ1v) is 9.96. The first-order valence-electron chi connectivity index (χ1n) is 9.14. The number of hydrogen-bond acceptors (Lipinski definition) is 4. The van der Waals surface area contributed by atoms with E-state index in [4.69, 9.17) is 9.47 Å². The van der Waals surface area contributed by atoms with Crippen LogP contribution in [0.2, 0.25) is 0 Å². The second-order valence-electron chi connectivity index (χ2n) is 6.27. The summed E-state index contributed by atoms with van der Waals surface area (Å²) in [5.74, 6) is 1.29. The van der Waals surface area contributed by atoms with E-state index in [1.165, 1.54) is 11.3 Å². The molecule has 1 aromatic heterocycles. The Morgan fingerprint density at radius 2 is 1.89 bits per heavy atom. The van der Waals surface area contributed by atoms with Crippen molar-refractivity contribution in [1.82, 2.24) is 4.57 Å². The molecule has 0 bridgehead atoms. The zero-order chi connectivity index (χ0) is 19.4. The minimum absolute atomic E-state index is 0.0952. The Hall–Kier alpha value is -2.60. The Bertz CT molecular complexity index is 1000. The normalized spacial score (nSPS) is 12.0. The van der Waals surface area contributed by atoms with E-state index in [9.17, 15) is 4.79 Å². The maximum Gasteiger partial charge on any atom is 0.279 e. The van der Waals surface area contributed by atoms with Crippen LogP contribution in [0.4, 0.5) is 0 Å². The van der Waals surface area contributed by atoms with E-state index in [2.05, 4.69) is 4.99 Å². The molecule has 0 aliphatic rings. The van der Waals surface area contributed by atoms with Crippen LogP contribution in [-0.2, 0) is 6.54 Å². The highest BCUT2D eigenvalue weighted by molar-refractivity contribution is 7.16. The number of ether oxygens (including phenoxy) is 2. The number of nitrogens with zero attached hydrogens (tertiary/aromatic N) is 2. The van der Waals surface area contributed by atoms with Crippen LogP contribution in [0.3, 0.4) is 0 Å². The fourth-order valence-corrected chi connectivity index (χ4v) is 3.96. The van der Waals surface area contributed by atoms with Gasteiger partial charge in [-0.1, -0.05) is 17.4 Å². The van der Waals surface area contributed by atoms with Crippen molar-refractivity contribution in [2.24, 2.45) is 4.99 Å². The summed E-state index contributed by atoms with van der Waals surface area (Å²) in [6.07, 6.45) is 0.0952. The molecule has 0 aliphatic carbocycles. The molecule has 0 N–H and O–H groups in total. The second kappa shape index (κ2) is 8.39. The minimum atomic E-state index is -0.266. The van der Waals surface area contributed by atoms with Crippen molar-refractivity contribution in [2.75, 3.05) is 6.61 Å². The first kappa shape index (κ1) is 19.2. The molecule has 0 atom stereocenters. The molecule has 0 unspecified atom stereocenters. The number of hydrogen-bond donors (Lipinski definition) is 0. The number of para-hydroxylation sites is 1. The van der Waals surface area contributed by atoms with Gasteiger partial charge in [-0.2, -0.15) is 4.99 Å². The number of fused-ring (bicyclic) bond motifs is 1. The maximum atomic E-state index is 12.7. The summed E-state index contributed by atoms with van der Waals surface area (Å²) in [5.41, 5.74) is 1.52. The van der Waals surface area contributed by atoms with E-state index >= 15 is 0 Å². The van der Waals surface area contributed by atoms with Crippen molar-refractivity contribution < 1.29 is 14.3 Å². The zero-order valence-electron chi connectivity index (χ0n) is 16.1. The molecule has 1 amide bonds. The number of thiazole rings is 1. The molecule has 0 radical (unpaired) electrons. The number of rotatable bonds is 6. The van der Waals surface area contributed by atoms with Gasteiger partial charge in [0.1, 0.15) is 17.0 Å². The summed E-state index contributed by atoms with van der Waals surface area (Å²) in [6.45, 7) is 9.23. The molecule has 3 aromatic rings. The monoisotopic (exact) mass is 384 g/mol.